The lowest BCUT2D eigenvalue weighted by molar-refractivity contribution is -0.137. The molecule has 1 aliphatic rings. The fourth-order valence-corrected chi connectivity index (χ4v) is 2.50. The van der Waals surface area contributed by atoms with Crippen molar-refractivity contribution < 1.29 is 23.0 Å². The Bertz CT molecular complexity index is 464. The first-order valence-electron chi connectivity index (χ1n) is 7.08. The van der Waals surface area contributed by atoms with Gasteiger partial charge < -0.3 is 9.84 Å². The summed E-state index contributed by atoms with van der Waals surface area (Å²) in [5, 5.41) is 10.2. The van der Waals surface area contributed by atoms with Crippen LogP contribution in [0.1, 0.15) is 18.1 Å². The van der Waals surface area contributed by atoms with E-state index in [1.807, 2.05) is 6.92 Å². The van der Waals surface area contributed by atoms with Crippen LogP contribution in [0.25, 0.3) is 0 Å². The summed E-state index contributed by atoms with van der Waals surface area (Å²) in [7, 11) is 0. The number of ether oxygens (including phenoxy) is 1. The quantitative estimate of drug-likeness (QED) is 0.926. The second-order valence-electron chi connectivity index (χ2n) is 5.27. The van der Waals surface area contributed by atoms with Gasteiger partial charge in [-0.1, -0.05) is 25.1 Å². The molecule has 0 aromatic heterocycles. The molecule has 0 saturated carbocycles. The lowest BCUT2D eigenvalue weighted by atomic mass is 10.0. The van der Waals surface area contributed by atoms with Gasteiger partial charge in [0.15, 0.2) is 0 Å². The van der Waals surface area contributed by atoms with Crippen molar-refractivity contribution in [3.8, 4) is 0 Å². The van der Waals surface area contributed by atoms with Crippen molar-refractivity contribution in [2.75, 3.05) is 26.2 Å². The number of morpholine rings is 1. The molecule has 1 aromatic carbocycles. The van der Waals surface area contributed by atoms with Crippen molar-refractivity contribution in [2.45, 2.75) is 31.7 Å². The number of nitrogens with zero attached hydrogens (tertiary/aromatic N) is 1. The molecule has 0 aliphatic carbocycles. The summed E-state index contributed by atoms with van der Waals surface area (Å²) in [6, 6.07) is 5.08. The molecule has 0 radical (unpaired) electrons. The zero-order chi connectivity index (χ0) is 15.5. The molecule has 0 spiro atoms. The molecule has 1 N–H and O–H groups in total. The summed E-state index contributed by atoms with van der Waals surface area (Å²) in [6.45, 7) is 4.87. The molecule has 1 heterocycles. The van der Waals surface area contributed by atoms with E-state index in [0.717, 1.165) is 25.2 Å². The molecular weight excluding hydrogens is 283 g/mol. The molecule has 3 nitrogen and oxygen atoms in total. The van der Waals surface area contributed by atoms with Crippen LogP contribution < -0.4 is 0 Å². The summed E-state index contributed by atoms with van der Waals surface area (Å²) < 4.78 is 43.5. The molecule has 1 saturated heterocycles. The molecule has 2 rings (SSSR count). The summed E-state index contributed by atoms with van der Waals surface area (Å²) in [5.41, 5.74) is -0.221. The Labute approximate surface area is 122 Å². The van der Waals surface area contributed by atoms with Crippen LogP contribution in [-0.4, -0.2) is 48.5 Å². The predicted octanol–water partition coefficient (Wildman–Crippen LogP) is 2.33. The zero-order valence-electron chi connectivity index (χ0n) is 11.9. The average molecular weight is 303 g/mol. The van der Waals surface area contributed by atoms with Crippen molar-refractivity contribution in [2.24, 2.45) is 0 Å². The summed E-state index contributed by atoms with van der Waals surface area (Å²) in [4.78, 5) is 2.16. The van der Waals surface area contributed by atoms with Crippen molar-refractivity contribution in [3.63, 3.8) is 0 Å². The van der Waals surface area contributed by atoms with E-state index in [4.69, 9.17) is 4.74 Å². The number of aliphatic hydroxyl groups is 1. The molecule has 2 atom stereocenters. The predicted molar refractivity (Wildman–Crippen MR) is 73.0 cm³/mol. The standard InChI is InChI=1S/C15H20F3NO2/c1-2-19-6-7-21-14(10-19)13(20)9-11-4-3-5-12(8-11)15(16,17)18/h3-5,8,13-14,20H,2,6-7,9-10H2,1H3. The summed E-state index contributed by atoms with van der Waals surface area (Å²) >= 11 is 0. The van der Waals surface area contributed by atoms with Crippen LogP contribution in [0.15, 0.2) is 24.3 Å². The molecule has 0 amide bonds. The molecule has 2 unspecified atom stereocenters. The van der Waals surface area contributed by atoms with E-state index < -0.39 is 17.8 Å². The molecule has 118 valence electrons. The maximum atomic E-state index is 12.7. The molecule has 6 heteroatoms. The van der Waals surface area contributed by atoms with Gasteiger partial charge in [-0.3, -0.25) is 4.90 Å². The Morgan fingerprint density at radius 1 is 1.43 bits per heavy atom. The fraction of sp³-hybridized carbons (Fsp3) is 0.600. The number of hydrogen-bond donors (Lipinski definition) is 1. The Morgan fingerprint density at radius 2 is 2.19 bits per heavy atom. The zero-order valence-corrected chi connectivity index (χ0v) is 11.9. The van der Waals surface area contributed by atoms with Gasteiger partial charge in [-0.25, -0.2) is 0 Å². The highest BCUT2D eigenvalue weighted by Gasteiger charge is 2.31. The Morgan fingerprint density at radius 3 is 2.86 bits per heavy atom. The maximum absolute atomic E-state index is 12.7. The van der Waals surface area contributed by atoms with Gasteiger partial charge in [0.05, 0.1) is 24.4 Å². The van der Waals surface area contributed by atoms with Crippen molar-refractivity contribution >= 4 is 0 Å². The fourth-order valence-electron chi connectivity index (χ4n) is 2.50. The van der Waals surface area contributed by atoms with Gasteiger partial charge in [0.2, 0.25) is 0 Å². The summed E-state index contributed by atoms with van der Waals surface area (Å²) in [6.07, 6.45) is -5.36. The van der Waals surface area contributed by atoms with E-state index in [1.54, 1.807) is 6.07 Å². The maximum Gasteiger partial charge on any atom is 0.416 e. The minimum absolute atomic E-state index is 0.159. The van der Waals surface area contributed by atoms with Gasteiger partial charge in [-0.15, -0.1) is 0 Å². The molecule has 0 bridgehead atoms. The van der Waals surface area contributed by atoms with Gasteiger partial charge in [0.25, 0.3) is 0 Å². The lowest BCUT2D eigenvalue weighted by Crippen LogP contribution is -2.48. The van der Waals surface area contributed by atoms with Crippen LogP contribution in [0.2, 0.25) is 0 Å². The number of rotatable bonds is 4. The van der Waals surface area contributed by atoms with Gasteiger partial charge in [-0.2, -0.15) is 13.2 Å². The largest absolute Gasteiger partial charge is 0.416 e. The second-order valence-corrected chi connectivity index (χ2v) is 5.27. The topological polar surface area (TPSA) is 32.7 Å². The van der Waals surface area contributed by atoms with Gasteiger partial charge in [-0.05, 0) is 18.2 Å². The average Bonchev–Trinajstić information content (AvgIpc) is 2.46. The number of hydrogen-bond acceptors (Lipinski definition) is 3. The van der Waals surface area contributed by atoms with E-state index in [1.165, 1.54) is 6.07 Å². The SMILES string of the molecule is CCN1CCOC(C(O)Cc2cccc(C(F)(F)F)c2)C1. The molecule has 1 aliphatic heterocycles. The number of aliphatic hydroxyl groups excluding tert-OH is 1. The molecule has 1 aromatic rings. The Kier molecular flexibility index (Phi) is 5.24. The highest BCUT2D eigenvalue weighted by atomic mass is 19.4. The number of benzene rings is 1. The van der Waals surface area contributed by atoms with Crippen LogP contribution in [-0.2, 0) is 17.3 Å². The number of alkyl halides is 3. The minimum Gasteiger partial charge on any atom is -0.390 e. The van der Waals surface area contributed by atoms with Crippen LogP contribution in [0.3, 0.4) is 0 Å². The first-order chi connectivity index (χ1) is 9.90. The Balaban J connectivity index is 2.00. The Hall–Kier alpha value is -1.11. The third-order valence-corrected chi connectivity index (χ3v) is 3.75. The van der Waals surface area contributed by atoms with Gasteiger partial charge in [0.1, 0.15) is 0 Å². The number of halogens is 3. The monoisotopic (exact) mass is 303 g/mol. The number of likely N-dealkylation sites (N-methyl/N-ethyl adjacent to an activating group) is 1. The third-order valence-electron chi connectivity index (χ3n) is 3.75. The van der Waals surface area contributed by atoms with Gasteiger partial charge in [0, 0.05) is 19.5 Å². The van der Waals surface area contributed by atoms with E-state index in [2.05, 4.69) is 4.90 Å². The van der Waals surface area contributed by atoms with E-state index in [0.29, 0.717) is 18.7 Å². The first-order valence-corrected chi connectivity index (χ1v) is 7.08. The van der Waals surface area contributed by atoms with Crippen molar-refractivity contribution in [1.82, 2.24) is 4.90 Å². The minimum atomic E-state index is -4.36. The summed E-state index contributed by atoms with van der Waals surface area (Å²) in [5.74, 6) is 0. The van der Waals surface area contributed by atoms with E-state index >= 15 is 0 Å². The van der Waals surface area contributed by atoms with Crippen LogP contribution >= 0.6 is 0 Å². The second kappa shape index (κ2) is 6.77. The highest BCUT2D eigenvalue weighted by Crippen LogP contribution is 2.30. The molecular formula is C15H20F3NO2. The first kappa shape index (κ1) is 16.3. The van der Waals surface area contributed by atoms with Crippen LogP contribution in [0.4, 0.5) is 13.2 Å². The normalized spacial score (nSPS) is 22.2. The smallest absolute Gasteiger partial charge is 0.390 e. The lowest BCUT2D eigenvalue weighted by Gasteiger charge is -2.34. The van der Waals surface area contributed by atoms with Crippen LogP contribution in [0, 0.1) is 0 Å². The highest BCUT2D eigenvalue weighted by molar-refractivity contribution is 5.26. The third kappa shape index (κ3) is 4.43. The van der Waals surface area contributed by atoms with Crippen molar-refractivity contribution in [3.05, 3.63) is 35.4 Å². The molecule has 21 heavy (non-hydrogen) atoms. The van der Waals surface area contributed by atoms with E-state index in [-0.39, 0.29) is 12.5 Å². The van der Waals surface area contributed by atoms with E-state index in [9.17, 15) is 18.3 Å². The van der Waals surface area contributed by atoms with Crippen LogP contribution in [0.5, 0.6) is 0 Å². The van der Waals surface area contributed by atoms with Crippen molar-refractivity contribution in [1.29, 1.82) is 0 Å². The van der Waals surface area contributed by atoms with Gasteiger partial charge >= 0.3 is 6.18 Å². The molecule has 1 fully saturated rings.